The molecule has 6 nitrogen and oxygen atoms in total. The van der Waals surface area contributed by atoms with Crippen molar-refractivity contribution in [2.45, 2.75) is 39.5 Å². The molecule has 0 aliphatic heterocycles. The summed E-state index contributed by atoms with van der Waals surface area (Å²) in [7, 11) is 0. The third kappa shape index (κ3) is 6.03. The molecule has 0 amide bonds. The van der Waals surface area contributed by atoms with E-state index in [1.165, 1.54) is 12.8 Å². The minimum Gasteiger partial charge on any atom is -0.341 e. The van der Waals surface area contributed by atoms with Gasteiger partial charge >= 0.3 is 0 Å². The standard InChI is InChI=1S/C16H24N6/c1-13-19-11-15(21-13)9-17-7-5-3-4-6-8-18-10-16-12-20-14(2)22-16/h9-12H,3-8H2,1-2H3,(H,19,21)(H,20,22). The molecule has 0 atom stereocenters. The third-order valence-electron chi connectivity index (χ3n) is 3.23. The van der Waals surface area contributed by atoms with Crippen LogP contribution in [0.4, 0.5) is 0 Å². The van der Waals surface area contributed by atoms with Crippen molar-refractivity contribution in [3.8, 4) is 0 Å². The van der Waals surface area contributed by atoms with Gasteiger partial charge in [0.2, 0.25) is 0 Å². The molecule has 0 unspecified atom stereocenters. The van der Waals surface area contributed by atoms with Crippen LogP contribution in [0.15, 0.2) is 22.4 Å². The van der Waals surface area contributed by atoms with Crippen molar-refractivity contribution in [1.82, 2.24) is 19.9 Å². The summed E-state index contributed by atoms with van der Waals surface area (Å²) in [4.78, 5) is 23.3. The van der Waals surface area contributed by atoms with Crippen LogP contribution in [0.5, 0.6) is 0 Å². The summed E-state index contributed by atoms with van der Waals surface area (Å²) in [5, 5.41) is 0. The van der Waals surface area contributed by atoms with Gasteiger partial charge in [-0.25, -0.2) is 9.97 Å². The number of aromatic nitrogens is 4. The van der Waals surface area contributed by atoms with Gasteiger partial charge in [-0.05, 0) is 26.7 Å². The number of H-pyrrole nitrogens is 2. The fraction of sp³-hybridized carbons (Fsp3) is 0.500. The fourth-order valence-corrected chi connectivity index (χ4v) is 2.10. The minimum absolute atomic E-state index is 0.870. The van der Waals surface area contributed by atoms with E-state index in [0.717, 1.165) is 49.0 Å². The summed E-state index contributed by atoms with van der Waals surface area (Å²) in [6.07, 6.45) is 11.9. The van der Waals surface area contributed by atoms with Gasteiger partial charge in [-0.15, -0.1) is 0 Å². The predicted molar refractivity (Wildman–Crippen MR) is 90.0 cm³/mol. The SMILES string of the molecule is Cc1ncc(C=NCCCCCCN=Cc2cnc(C)[nH]2)[nH]1. The number of aromatic amines is 2. The zero-order valence-corrected chi connectivity index (χ0v) is 13.3. The summed E-state index contributed by atoms with van der Waals surface area (Å²) in [6, 6.07) is 0. The Labute approximate surface area is 131 Å². The Morgan fingerprint density at radius 1 is 0.818 bits per heavy atom. The predicted octanol–water partition coefficient (Wildman–Crippen LogP) is 2.85. The molecule has 22 heavy (non-hydrogen) atoms. The molecule has 0 radical (unpaired) electrons. The van der Waals surface area contributed by atoms with E-state index in [2.05, 4.69) is 29.9 Å². The van der Waals surface area contributed by atoms with Crippen molar-refractivity contribution in [3.05, 3.63) is 35.4 Å². The molecular weight excluding hydrogens is 276 g/mol. The van der Waals surface area contributed by atoms with Crippen LogP contribution < -0.4 is 0 Å². The minimum atomic E-state index is 0.870. The Morgan fingerprint density at radius 3 is 1.64 bits per heavy atom. The maximum atomic E-state index is 4.39. The van der Waals surface area contributed by atoms with Crippen LogP contribution in [0.25, 0.3) is 0 Å². The lowest BCUT2D eigenvalue weighted by Crippen LogP contribution is -1.88. The van der Waals surface area contributed by atoms with Gasteiger partial charge in [-0.3, -0.25) is 9.98 Å². The van der Waals surface area contributed by atoms with Crippen molar-refractivity contribution in [1.29, 1.82) is 0 Å². The average molecular weight is 300 g/mol. The van der Waals surface area contributed by atoms with E-state index >= 15 is 0 Å². The van der Waals surface area contributed by atoms with Crippen LogP contribution in [-0.4, -0.2) is 45.5 Å². The van der Waals surface area contributed by atoms with Crippen molar-refractivity contribution in [2.75, 3.05) is 13.1 Å². The van der Waals surface area contributed by atoms with Gasteiger partial charge < -0.3 is 9.97 Å². The van der Waals surface area contributed by atoms with E-state index in [9.17, 15) is 0 Å². The maximum Gasteiger partial charge on any atom is 0.103 e. The summed E-state index contributed by atoms with van der Waals surface area (Å²) >= 11 is 0. The third-order valence-corrected chi connectivity index (χ3v) is 3.23. The molecule has 0 aromatic carbocycles. The second-order valence-electron chi connectivity index (χ2n) is 5.33. The van der Waals surface area contributed by atoms with Gasteiger partial charge in [-0.1, -0.05) is 12.8 Å². The zero-order valence-electron chi connectivity index (χ0n) is 13.3. The number of imidazole rings is 2. The number of nitrogens with one attached hydrogen (secondary N) is 2. The summed E-state index contributed by atoms with van der Waals surface area (Å²) in [6.45, 7) is 5.62. The number of rotatable bonds is 9. The molecule has 0 aliphatic rings. The Bertz CT molecular complexity index is 553. The van der Waals surface area contributed by atoms with Crippen LogP contribution >= 0.6 is 0 Å². The molecule has 2 N–H and O–H groups in total. The van der Waals surface area contributed by atoms with Gasteiger partial charge in [0.1, 0.15) is 11.6 Å². The second kappa shape index (κ2) is 8.92. The van der Waals surface area contributed by atoms with E-state index < -0.39 is 0 Å². The smallest absolute Gasteiger partial charge is 0.103 e. The van der Waals surface area contributed by atoms with E-state index in [1.807, 2.05) is 26.3 Å². The van der Waals surface area contributed by atoms with E-state index in [4.69, 9.17) is 0 Å². The summed E-state index contributed by atoms with van der Waals surface area (Å²) in [5.41, 5.74) is 1.95. The Balaban J connectivity index is 1.47. The Kier molecular flexibility index (Phi) is 6.54. The van der Waals surface area contributed by atoms with Crippen molar-refractivity contribution >= 4 is 12.4 Å². The van der Waals surface area contributed by atoms with Gasteiger partial charge in [0.15, 0.2) is 0 Å². The first-order valence-electron chi connectivity index (χ1n) is 7.77. The molecule has 0 saturated heterocycles. The molecule has 0 aliphatic carbocycles. The molecule has 0 fully saturated rings. The first-order valence-corrected chi connectivity index (χ1v) is 7.77. The van der Waals surface area contributed by atoms with Crippen LogP contribution in [0.1, 0.15) is 48.7 Å². The van der Waals surface area contributed by atoms with Crippen molar-refractivity contribution < 1.29 is 0 Å². The molecule has 2 heterocycles. The summed E-state index contributed by atoms with van der Waals surface area (Å²) < 4.78 is 0. The van der Waals surface area contributed by atoms with Gasteiger partial charge in [0.25, 0.3) is 0 Å². The maximum absolute atomic E-state index is 4.39. The molecule has 2 rings (SSSR count). The average Bonchev–Trinajstić information content (AvgIpc) is 3.09. The van der Waals surface area contributed by atoms with Crippen LogP contribution in [-0.2, 0) is 0 Å². The number of aliphatic imine (C=N–C) groups is 2. The highest BCUT2D eigenvalue weighted by molar-refractivity contribution is 5.76. The largest absolute Gasteiger partial charge is 0.341 e. The number of unbranched alkanes of at least 4 members (excludes halogenated alkanes) is 3. The number of nitrogens with zero attached hydrogens (tertiary/aromatic N) is 4. The fourth-order valence-electron chi connectivity index (χ4n) is 2.10. The van der Waals surface area contributed by atoms with Gasteiger partial charge in [0.05, 0.1) is 23.8 Å². The highest BCUT2D eigenvalue weighted by Crippen LogP contribution is 2.01. The molecule has 6 heteroatoms. The van der Waals surface area contributed by atoms with Crippen molar-refractivity contribution in [2.24, 2.45) is 9.98 Å². The van der Waals surface area contributed by atoms with Gasteiger partial charge in [-0.2, -0.15) is 0 Å². The first kappa shape index (κ1) is 16.1. The van der Waals surface area contributed by atoms with Crippen LogP contribution in [0.3, 0.4) is 0 Å². The number of hydrogen-bond acceptors (Lipinski definition) is 4. The van der Waals surface area contributed by atoms with E-state index in [0.29, 0.717) is 0 Å². The summed E-state index contributed by atoms with van der Waals surface area (Å²) in [5.74, 6) is 1.85. The van der Waals surface area contributed by atoms with Crippen molar-refractivity contribution in [3.63, 3.8) is 0 Å². The normalized spacial score (nSPS) is 11.9. The number of hydrogen-bond donors (Lipinski definition) is 2. The Hall–Kier alpha value is -2.24. The second-order valence-corrected chi connectivity index (χ2v) is 5.33. The quantitative estimate of drug-likeness (QED) is 0.551. The topological polar surface area (TPSA) is 82.1 Å². The zero-order chi connectivity index (χ0) is 15.6. The monoisotopic (exact) mass is 300 g/mol. The number of aryl methyl sites for hydroxylation is 2. The molecule has 118 valence electrons. The van der Waals surface area contributed by atoms with Gasteiger partial charge in [0, 0.05) is 25.5 Å². The molecule has 2 aromatic heterocycles. The Morgan fingerprint density at radius 2 is 1.27 bits per heavy atom. The van der Waals surface area contributed by atoms with Crippen LogP contribution in [0.2, 0.25) is 0 Å². The first-order chi connectivity index (χ1) is 10.7. The lowest BCUT2D eigenvalue weighted by atomic mass is 10.2. The van der Waals surface area contributed by atoms with Crippen LogP contribution in [0, 0.1) is 13.8 Å². The molecule has 0 bridgehead atoms. The molecule has 0 saturated carbocycles. The van der Waals surface area contributed by atoms with E-state index in [-0.39, 0.29) is 0 Å². The lowest BCUT2D eigenvalue weighted by Gasteiger charge is -1.96. The molecule has 2 aromatic rings. The van der Waals surface area contributed by atoms with E-state index in [1.54, 1.807) is 12.4 Å². The highest BCUT2D eigenvalue weighted by atomic mass is 14.9. The molecule has 0 spiro atoms. The lowest BCUT2D eigenvalue weighted by molar-refractivity contribution is 0.655. The highest BCUT2D eigenvalue weighted by Gasteiger charge is 1.93. The molecular formula is C16H24N6.